The maximum atomic E-state index is 12.9. The highest BCUT2D eigenvalue weighted by Gasteiger charge is 2.39. The van der Waals surface area contributed by atoms with Gasteiger partial charge in [0, 0.05) is 35.3 Å². The molecule has 0 aliphatic carbocycles. The summed E-state index contributed by atoms with van der Waals surface area (Å²) in [5.41, 5.74) is 5.01. The fraction of sp³-hybridized carbons (Fsp3) is 0.367. The van der Waals surface area contributed by atoms with Gasteiger partial charge in [-0.25, -0.2) is 15.1 Å². The quantitative estimate of drug-likeness (QED) is 0.114. The number of ether oxygens (including phenoxy) is 1. The number of halogens is 6. The van der Waals surface area contributed by atoms with E-state index in [1.54, 1.807) is 29.7 Å². The highest BCUT2D eigenvalue weighted by Crippen LogP contribution is 2.22. The summed E-state index contributed by atoms with van der Waals surface area (Å²) in [5, 5.41) is 36.5. The number of hydroxylamine groups is 1. The second-order valence-electron chi connectivity index (χ2n) is 10.3. The van der Waals surface area contributed by atoms with E-state index in [1.165, 1.54) is 0 Å². The standard InChI is InChI=1S/C26H30N4O5.2C2HF3O2/c1-17-14-19(21-4-2-3-5-23(21)27-17)16-35-20-8-6-18(7-9-20)25(32)28-24-15-30(12-13-31)11-10-22(24)26(33)29-34;2*3-2(4,5)1(6)7/h2-9,14,22,24,31,34H,10-13,15-16H2,1H3,(H,28,32)(H,29,33);2*(H,6,7)/t22-,24+;;/m0../s1. The Kier molecular flexibility index (Phi) is 14.7. The summed E-state index contributed by atoms with van der Waals surface area (Å²) in [7, 11) is 0. The number of alkyl halides is 6. The maximum absolute atomic E-state index is 12.9. The Hall–Kier alpha value is -5.01. The van der Waals surface area contributed by atoms with E-state index in [1.807, 2.05) is 42.2 Å². The van der Waals surface area contributed by atoms with Gasteiger partial charge in [0.15, 0.2) is 0 Å². The molecule has 19 heteroatoms. The van der Waals surface area contributed by atoms with E-state index in [-0.39, 0.29) is 12.5 Å². The van der Waals surface area contributed by atoms with Crippen molar-refractivity contribution in [3.63, 3.8) is 0 Å². The molecule has 49 heavy (non-hydrogen) atoms. The van der Waals surface area contributed by atoms with Gasteiger partial charge in [0.25, 0.3) is 5.91 Å². The van der Waals surface area contributed by atoms with Crippen molar-refractivity contribution in [1.29, 1.82) is 0 Å². The van der Waals surface area contributed by atoms with Crippen LogP contribution in [0.2, 0.25) is 0 Å². The number of nitrogens with zero attached hydrogens (tertiary/aromatic N) is 2. The van der Waals surface area contributed by atoms with Crippen LogP contribution in [-0.2, 0) is 21.0 Å². The van der Waals surface area contributed by atoms with Crippen LogP contribution < -0.4 is 15.5 Å². The topological polar surface area (TPSA) is 199 Å². The monoisotopic (exact) mass is 706 g/mol. The third kappa shape index (κ3) is 12.8. The number of aromatic nitrogens is 1. The first kappa shape index (κ1) is 40.2. The molecule has 2 aromatic carbocycles. The molecule has 1 saturated heterocycles. The molecule has 1 fully saturated rings. The Morgan fingerprint density at radius 3 is 2.06 bits per heavy atom. The number of rotatable bonds is 8. The molecular weight excluding hydrogens is 674 g/mol. The number of pyridine rings is 1. The number of hydrogen-bond acceptors (Lipinski definition) is 9. The molecule has 4 rings (SSSR count). The molecule has 0 bridgehead atoms. The molecule has 0 radical (unpaired) electrons. The van der Waals surface area contributed by atoms with Gasteiger partial charge in [0.2, 0.25) is 5.91 Å². The minimum Gasteiger partial charge on any atom is -0.489 e. The number of β-amino-alcohol motifs (C(OH)–C–C–N with tert-alkyl or cyclic N) is 1. The zero-order valence-electron chi connectivity index (χ0n) is 25.6. The van der Waals surface area contributed by atoms with Crippen LogP contribution in [0.25, 0.3) is 10.9 Å². The SMILES string of the molecule is Cc1cc(COc2ccc(C(=O)N[C@@H]3CN(CCO)CC[C@@H]3C(=O)NO)cc2)c2ccccc2n1.O=C(O)C(F)(F)F.O=C(O)C(F)(F)F. The molecule has 3 aromatic rings. The van der Waals surface area contributed by atoms with Gasteiger partial charge in [-0.3, -0.25) is 24.7 Å². The number of benzene rings is 2. The number of aliphatic hydroxyl groups is 1. The van der Waals surface area contributed by atoms with Gasteiger partial charge >= 0.3 is 24.3 Å². The number of hydrogen-bond donors (Lipinski definition) is 6. The Bertz CT molecular complexity index is 1560. The minimum atomic E-state index is -5.08. The lowest BCUT2D eigenvalue weighted by atomic mass is 9.90. The van der Waals surface area contributed by atoms with E-state index in [2.05, 4.69) is 10.3 Å². The summed E-state index contributed by atoms with van der Waals surface area (Å²) in [6.07, 6.45) is -9.70. The second-order valence-corrected chi connectivity index (χ2v) is 10.3. The van der Waals surface area contributed by atoms with Crippen LogP contribution in [0.3, 0.4) is 0 Å². The highest BCUT2D eigenvalue weighted by molar-refractivity contribution is 5.95. The van der Waals surface area contributed by atoms with Crippen molar-refractivity contribution >= 4 is 34.7 Å². The van der Waals surface area contributed by atoms with Crippen LogP contribution in [0.15, 0.2) is 54.6 Å². The van der Waals surface area contributed by atoms with Crippen molar-refractivity contribution < 1.29 is 70.8 Å². The Morgan fingerprint density at radius 1 is 0.959 bits per heavy atom. The number of amides is 2. The largest absolute Gasteiger partial charge is 0.490 e. The number of nitrogens with one attached hydrogen (secondary N) is 2. The number of carboxylic acids is 2. The van der Waals surface area contributed by atoms with Gasteiger partial charge in [0.05, 0.1) is 24.1 Å². The lowest BCUT2D eigenvalue weighted by Crippen LogP contribution is -2.56. The summed E-state index contributed by atoms with van der Waals surface area (Å²) in [6, 6.07) is 16.3. The van der Waals surface area contributed by atoms with Crippen LogP contribution in [0.1, 0.15) is 28.0 Å². The number of likely N-dealkylation sites (tertiary alicyclic amines) is 1. The normalized spacial score (nSPS) is 16.3. The van der Waals surface area contributed by atoms with Gasteiger partial charge in [-0.1, -0.05) is 18.2 Å². The summed E-state index contributed by atoms with van der Waals surface area (Å²) in [4.78, 5) is 49.3. The lowest BCUT2D eigenvalue weighted by molar-refractivity contribution is -0.193. The van der Waals surface area contributed by atoms with E-state index in [4.69, 9.17) is 29.7 Å². The van der Waals surface area contributed by atoms with E-state index < -0.39 is 42.2 Å². The van der Waals surface area contributed by atoms with Crippen LogP contribution in [0, 0.1) is 12.8 Å². The van der Waals surface area contributed by atoms with Crippen molar-refractivity contribution in [2.24, 2.45) is 5.92 Å². The number of carbonyl (C=O) groups is 4. The fourth-order valence-electron chi connectivity index (χ4n) is 4.54. The van der Waals surface area contributed by atoms with Crippen LogP contribution >= 0.6 is 0 Å². The fourth-order valence-corrected chi connectivity index (χ4v) is 4.54. The predicted molar refractivity (Wildman–Crippen MR) is 157 cm³/mol. The lowest BCUT2D eigenvalue weighted by Gasteiger charge is -2.37. The first-order valence-corrected chi connectivity index (χ1v) is 14.1. The van der Waals surface area contributed by atoms with Crippen molar-refractivity contribution in [2.75, 3.05) is 26.2 Å². The van der Waals surface area contributed by atoms with Gasteiger partial charge in [-0.05, 0) is 56.3 Å². The summed E-state index contributed by atoms with van der Waals surface area (Å²) in [6.45, 7) is 3.78. The third-order valence-electron chi connectivity index (χ3n) is 6.80. The Labute approximate surface area is 274 Å². The number of para-hydroxylation sites is 1. The van der Waals surface area contributed by atoms with Gasteiger partial charge in [-0.15, -0.1) is 0 Å². The van der Waals surface area contributed by atoms with E-state index >= 15 is 0 Å². The van der Waals surface area contributed by atoms with Crippen molar-refractivity contribution in [3.05, 3.63) is 71.4 Å². The molecule has 2 atom stereocenters. The molecule has 13 nitrogen and oxygen atoms in total. The molecule has 2 amide bonds. The first-order valence-electron chi connectivity index (χ1n) is 14.1. The Morgan fingerprint density at radius 2 is 1.53 bits per heavy atom. The summed E-state index contributed by atoms with van der Waals surface area (Å²) >= 11 is 0. The smallest absolute Gasteiger partial charge is 0.489 e. The molecular formula is C30H32F6N4O9. The minimum absolute atomic E-state index is 0.00610. The van der Waals surface area contributed by atoms with E-state index in [0.717, 1.165) is 22.2 Å². The zero-order chi connectivity index (χ0) is 36.9. The molecule has 2 heterocycles. The van der Waals surface area contributed by atoms with Gasteiger partial charge < -0.3 is 25.4 Å². The number of carboxylic acid groups (broad SMARTS) is 2. The van der Waals surface area contributed by atoms with Crippen LogP contribution in [-0.4, -0.2) is 98.8 Å². The van der Waals surface area contributed by atoms with Crippen molar-refractivity contribution in [3.8, 4) is 5.75 Å². The van der Waals surface area contributed by atoms with E-state index in [0.29, 0.717) is 44.0 Å². The molecule has 1 aliphatic heterocycles. The average molecular weight is 707 g/mol. The van der Waals surface area contributed by atoms with Gasteiger partial charge in [0.1, 0.15) is 12.4 Å². The molecule has 268 valence electrons. The number of carbonyl (C=O) groups excluding carboxylic acids is 2. The van der Waals surface area contributed by atoms with Crippen LogP contribution in [0.4, 0.5) is 26.3 Å². The number of fused-ring (bicyclic) bond motifs is 1. The molecule has 0 unspecified atom stereocenters. The summed E-state index contributed by atoms with van der Waals surface area (Å²) < 4.78 is 69.4. The number of aliphatic carboxylic acids is 2. The predicted octanol–water partition coefficient (Wildman–Crippen LogP) is 3.31. The number of aliphatic hydroxyl groups excluding tert-OH is 1. The second kappa shape index (κ2) is 17.9. The third-order valence-corrected chi connectivity index (χ3v) is 6.80. The van der Waals surface area contributed by atoms with Crippen molar-refractivity contribution in [1.82, 2.24) is 20.7 Å². The first-order chi connectivity index (χ1) is 22.9. The molecule has 0 spiro atoms. The van der Waals surface area contributed by atoms with E-state index in [9.17, 15) is 41.0 Å². The zero-order valence-corrected chi connectivity index (χ0v) is 25.6. The molecule has 0 saturated carbocycles. The van der Waals surface area contributed by atoms with Crippen molar-refractivity contribution in [2.45, 2.75) is 38.3 Å². The molecule has 6 N–H and O–H groups in total. The number of aryl methyl sites for hydroxylation is 1. The highest BCUT2D eigenvalue weighted by atomic mass is 19.4. The average Bonchev–Trinajstić information content (AvgIpc) is 3.03. The molecule has 1 aliphatic rings. The number of piperidine rings is 1. The van der Waals surface area contributed by atoms with Crippen LogP contribution in [0.5, 0.6) is 5.75 Å². The summed E-state index contributed by atoms with van der Waals surface area (Å²) in [5.74, 6) is -6.29. The van der Waals surface area contributed by atoms with Gasteiger partial charge in [-0.2, -0.15) is 26.3 Å². The Balaban J connectivity index is 0.000000500. The maximum Gasteiger partial charge on any atom is 0.490 e. The molecule has 1 aromatic heterocycles.